The van der Waals surface area contributed by atoms with Crippen LogP contribution in [0.25, 0.3) is 35.7 Å². The highest BCUT2D eigenvalue weighted by atomic mass is 32.2. The van der Waals surface area contributed by atoms with Crippen molar-refractivity contribution in [1.82, 2.24) is 9.97 Å². The first-order chi connectivity index (χ1) is 31.7. The van der Waals surface area contributed by atoms with Crippen LogP contribution in [0.1, 0.15) is 139 Å². The number of hydrogen-bond donors (Lipinski definition) is 0. The second-order valence-electron chi connectivity index (χ2n) is 17.5. The first-order valence-corrected chi connectivity index (χ1v) is 26.0. The molecule has 6 heteroatoms. The number of fused-ring (bicyclic) bond motifs is 4. The van der Waals surface area contributed by atoms with E-state index in [0.29, 0.717) is 0 Å². The lowest BCUT2D eigenvalue weighted by molar-refractivity contribution is 0.576. The minimum absolute atomic E-state index is 0.868. The van der Waals surface area contributed by atoms with E-state index >= 15 is 0 Å². The number of anilines is 4. The molecule has 0 N–H and O–H groups in total. The molecule has 4 aromatic carbocycles. The molecule has 0 amide bonds. The van der Waals surface area contributed by atoms with E-state index in [9.17, 15) is 0 Å². The molecule has 0 spiro atoms. The summed E-state index contributed by atoms with van der Waals surface area (Å²) in [4.78, 5) is 19.9. The van der Waals surface area contributed by atoms with Crippen molar-refractivity contribution < 1.29 is 0 Å². The monoisotopic (exact) mass is 882 g/mol. The summed E-state index contributed by atoms with van der Waals surface area (Å²) >= 11 is 3.77. The third-order valence-electron chi connectivity index (χ3n) is 12.5. The normalized spacial score (nSPS) is 13.0. The van der Waals surface area contributed by atoms with Crippen LogP contribution in [0.3, 0.4) is 0 Å². The third kappa shape index (κ3) is 12.2. The minimum atomic E-state index is 0.868. The van der Waals surface area contributed by atoms with Crippen LogP contribution >= 0.6 is 23.5 Å². The van der Waals surface area contributed by atoms with Gasteiger partial charge in [-0.2, -0.15) is 0 Å². The molecule has 0 atom stereocenters. The van der Waals surface area contributed by atoms with Crippen molar-refractivity contribution in [1.29, 1.82) is 0 Å². The number of aromatic nitrogens is 2. The first kappa shape index (κ1) is 45.5. The smallest absolute Gasteiger partial charge is 0.0892 e. The van der Waals surface area contributed by atoms with Gasteiger partial charge in [-0.25, -0.2) is 0 Å². The van der Waals surface area contributed by atoms with Gasteiger partial charge < -0.3 is 9.80 Å². The molecule has 0 saturated carbocycles. The van der Waals surface area contributed by atoms with Gasteiger partial charge in [-0.15, -0.1) is 0 Å². The van der Waals surface area contributed by atoms with Gasteiger partial charge in [0.25, 0.3) is 0 Å². The lowest BCUT2D eigenvalue weighted by atomic mass is 10.1. The molecule has 330 valence electrons. The molecule has 64 heavy (non-hydrogen) atoms. The molecule has 2 aromatic heterocycles. The van der Waals surface area contributed by atoms with Gasteiger partial charge in [0.2, 0.25) is 0 Å². The van der Waals surface area contributed by atoms with Crippen molar-refractivity contribution in [3.05, 3.63) is 144 Å². The summed E-state index contributed by atoms with van der Waals surface area (Å²) in [5.74, 6) is 0. The maximum Gasteiger partial charge on any atom is 0.0892 e. The quantitative estimate of drug-likeness (QED) is 0.0596. The second kappa shape index (κ2) is 23.8. The Morgan fingerprint density at radius 1 is 0.375 bits per heavy atom. The highest BCUT2D eigenvalue weighted by Crippen LogP contribution is 2.50. The summed E-state index contributed by atoms with van der Waals surface area (Å²) in [6.45, 7) is 6.69. The zero-order chi connectivity index (χ0) is 43.8. The van der Waals surface area contributed by atoms with Crippen LogP contribution < -0.4 is 9.80 Å². The fourth-order valence-corrected chi connectivity index (χ4v) is 11.3. The average Bonchev–Trinajstić information content (AvgIpc) is 3.33. The van der Waals surface area contributed by atoms with E-state index in [4.69, 9.17) is 9.97 Å². The zero-order valence-corrected chi connectivity index (χ0v) is 39.8. The molecule has 2 aliphatic heterocycles. The zero-order valence-electron chi connectivity index (χ0n) is 38.2. The highest BCUT2D eigenvalue weighted by molar-refractivity contribution is 8.00. The molecule has 0 aliphatic carbocycles. The molecule has 0 fully saturated rings. The predicted molar refractivity (Wildman–Crippen MR) is 279 cm³/mol. The largest absolute Gasteiger partial charge is 0.340 e. The Morgan fingerprint density at radius 2 is 0.734 bits per heavy atom. The van der Waals surface area contributed by atoms with E-state index in [-0.39, 0.29) is 0 Å². The van der Waals surface area contributed by atoms with Gasteiger partial charge in [0.15, 0.2) is 0 Å². The molecule has 0 bridgehead atoms. The Bertz CT molecular complexity index is 2320. The number of hydrogen-bond acceptors (Lipinski definition) is 6. The van der Waals surface area contributed by atoms with Crippen LogP contribution in [-0.4, -0.2) is 23.1 Å². The van der Waals surface area contributed by atoms with E-state index in [1.807, 2.05) is 35.9 Å². The van der Waals surface area contributed by atoms with E-state index in [2.05, 4.69) is 157 Å². The molecular weight excluding hydrogens is 817 g/mol. The Balaban J connectivity index is 0.903. The average molecular weight is 883 g/mol. The van der Waals surface area contributed by atoms with Crippen molar-refractivity contribution in [3.63, 3.8) is 0 Å². The number of unbranched alkanes of at least 4 members (excludes halogenated alkanes) is 14. The highest BCUT2D eigenvalue weighted by Gasteiger charge is 2.24. The van der Waals surface area contributed by atoms with Crippen molar-refractivity contribution in [2.24, 2.45) is 0 Å². The number of benzene rings is 4. The number of pyridine rings is 2. The fraction of sp³-hybridized carbons (Fsp3) is 0.345. The van der Waals surface area contributed by atoms with Crippen LogP contribution in [-0.2, 0) is 0 Å². The topological polar surface area (TPSA) is 32.3 Å². The Morgan fingerprint density at radius 3 is 1.16 bits per heavy atom. The van der Waals surface area contributed by atoms with Crippen LogP contribution in [0, 0.1) is 0 Å². The van der Waals surface area contributed by atoms with Crippen LogP contribution in [0.5, 0.6) is 0 Å². The molecule has 8 rings (SSSR count). The van der Waals surface area contributed by atoms with Crippen molar-refractivity contribution >= 4 is 70.6 Å². The maximum absolute atomic E-state index is 4.75. The molecular formula is C58H66N4S2. The Kier molecular flexibility index (Phi) is 16.9. The van der Waals surface area contributed by atoms with E-state index in [0.717, 1.165) is 35.6 Å². The molecule has 4 nitrogen and oxygen atoms in total. The molecule has 2 aliphatic rings. The predicted octanol–water partition coefficient (Wildman–Crippen LogP) is 18.0. The Labute approximate surface area is 392 Å². The summed E-state index contributed by atoms with van der Waals surface area (Å²) in [7, 11) is 0. The van der Waals surface area contributed by atoms with Gasteiger partial charge in [0.05, 0.1) is 34.1 Å². The summed E-state index contributed by atoms with van der Waals surface area (Å²) in [5, 5.41) is 0. The van der Waals surface area contributed by atoms with Gasteiger partial charge in [0.1, 0.15) is 0 Å². The molecule has 0 radical (unpaired) electrons. The van der Waals surface area contributed by atoms with E-state index in [1.165, 1.54) is 156 Å². The summed E-state index contributed by atoms with van der Waals surface area (Å²) in [6, 6.07) is 40.0. The summed E-state index contributed by atoms with van der Waals surface area (Å²) in [6.07, 6.45) is 33.9. The summed E-state index contributed by atoms with van der Waals surface area (Å²) < 4.78 is 0. The third-order valence-corrected chi connectivity index (χ3v) is 14.8. The van der Waals surface area contributed by atoms with Gasteiger partial charge in [-0.05, 0) is 108 Å². The number of para-hydroxylation sites is 2. The maximum atomic E-state index is 4.75. The minimum Gasteiger partial charge on any atom is -0.340 e. The fourth-order valence-electron chi connectivity index (χ4n) is 8.96. The Hall–Kier alpha value is -5.04. The van der Waals surface area contributed by atoms with Crippen LogP contribution in [0.15, 0.2) is 141 Å². The van der Waals surface area contributed by atoms with Gasteiger partial charge in [-0.3, -0.25) is 9.97 Å². The molecule has 0 unspecified atom stereocenters. The first-order valence-electron chi connectivity index (χ1n) is 24.3. The van der Waals surface area contributed by atoms with Gasteiger partial charge in [-0.1, -0.05) is 188 Å². The van der Waals surface area contributed by atoms with E-state index < -0.39 is 0 Å². The number of rotatable bonds is 23. The molecule has 4 heterocycles. The molecule has 6 aromatic rings. The lowest BCUT2D eigenvalue weighted by Crippen LogP contribution is -2.22. The van der Waals surface area contributed by atoms with E-state index in [1.54, 1.807) is 0 Å². The molecule has 0 saturated heterocycles. The van der Waals surface area contributed by atoms with Crippen molar-refractivity contribution in [3.8, 4) is 11.4 Å². The van der Waals surface area contributed by atoms with Crippen molar-refractivity contribution in [2.75, 3.05) is 22.9 Å². The van der Waals surface area contributed by atoms with Gasteiger partial charge in [0, 0.05) is 45.1 Å². The SMILES string of the molecule is CCCCCCCCCCN1c2ccccc2Sc2cc(/C=C/c3ccnc(-c4cc(/C=C/c5ccc6c(c5)Sc5ccccc5N6CCCCCCCCCC)ccn4)c3)ccc21. The van der Waals surface area contributed by atoms with Crippen molar-refractivity contribution in [2.45, 2.75) is 136 Å². The standard InChI is InChI=1S/C58H66N4S2/c1-3-5-7-9-11-13-15-21-39-61-51-23-17-19-25-55(51)63-57-43-45(31-33-53(57)61)27-29-47-35-37-59-49(41-47)50-42-48(36-38-60-50)30-28-46-32-34-54-58(44-46)64-56-26-20-18-24-52(56)62(54)40-22-16-14-12-10-8-6-4-2/h17-20,23-38,41-44H,3-16,21-22,39-40H2,1-2H3/b29-27+,30-28+. The second-order valence-corrected chi connectivity index (χ2v) is 19.6. The number of nitrogens with zero attached hydrogens (tertiary/aromatic N) is 4. The van der Waals surface area contributed by atoms with Gasteiger partial charge >= 0.3 is 0 Å². The lowest BCUT2D eigenvalue weighted by Gasteiger charge is -2.33. The van der Waals surface area contributed by atoms with Crippen LogP contribution in [0.2, 0.25) is 0 Å². The van der Waals surface area contributed by atoms with Crippen LogP contribution in [0.4, 0.5) is 22.7 Å². The summed E-state index contributed by atoms with van der Waals surface area (Å²) in [5.41, 5.74) is 11.6.